The molecule has 1 atom stereocenters. The molecule has 80 valence electrons. The van der Waals surface area contributed by atoms with Crippen LogP contribution in [0, 0.1) is 0 Å². The van der Waals surface area contributed by atoms with Crippen LogP contribution in [-0.2, 0) is 11.2 Å². The van der Waals surface area contributed by atoms with E-state index in [9.17, 15) is 4.79 Å². The zero-order valence-corrected chi connectivity index (χ0v) is 9.16. The fraction of sp³-hybridized carbons (Fsp3) is 0.462. The average molecular weight is 204 g/mol. The fourth-order valence-corrected chi connectivity index (χ4v) is 2.25. The fourth-order valence-electron chi connectivity index (χ4n) is 2.25. The van der Waals surface area contributed by atoms with Gasteiger partial charge in [-0.25, -0.2) is 0 Å². The summed E-state index contributed by atoms with van der Waals surface area (Å²) in [4.78, 5) is 11.0. The first-order chi connectivity index (χ1) is 7.09. The lowest BCUT2D eigenvalue weighted by molar-refractivity contribution is -0.138. The van der Waals surface area contributed by atoms with Gasteiger partial charge in [0, 0.05) is 0 Å². The third-order valence-corrected chi connectivity index (χ3v) is 3.21. The number of hydrogen-bond acceptors (Lipinski definition) is 1. The first kappa shape index (κ1) is 10.2. The number of carboxylic acids is 1. The summed E-state index contributed by atoms with van der Waals surface area (Å²) in [6, 6.07) is 6.23. The van der Waals surface area contributed by atoms with E-state index in [1.54, 1.807) is 0 Å². The molecule has 0 saturated carbocycles. The number of carboxylic acid groups (broad SMARTS) is 1. The zero-order valence-electron chi connectivity index (χ0n) is 9.16. The van der Waals surface area contributed by atoms with Crippen molar-refractivity contribution >= 4 is 5.97 Å². The third kappa shape index (κ3) is 1.76. The number of carbonyl (C=O) groups is 1. The second kappa shape index (κ2) is 3.69. The molecule has 0 bridgehead atoms. The van der Waals surface area contributed by atoms with Crippen LogP contribution in [0.3, 0.4) is 0 Å². The molecule has 15 heavy (non-hydrogen) atoms. The number of fused-ring (bicyclic) bond motifs is 1. The molecule has 2 heteroatoms. The van der Waals surface area contributed by atoms with E-state index in [1.165, 1.54) is 11.1 Å². The predicted octanol–water partition coefficient (Wildman–Crippen LogP) is 2.92. The molecule has 0 unspecified atom stereocenters. The van der Waals surface area contributed by atoms with Crippen molar-refractivity contribution in [3.8, 4) is 0 Å². The molecule has 0 heterocycles. The van der Waals surface area contributed by atoms with E-state index in [0.717, 1.165) is 18.4 Å². The van der Waals surface area contributed by atoms with Gasteiger partial charge in [-0.05, 0) is 35.4 Å². The minimum atomic E-state index is -0.689. The zero-order chi connectivity index (χ0) is 11.0. The van der Waals surface area contributed by atoms with Crippen molar-refractivity contribution in [1.82, 2.24) is 0 Å². The summed E-state index contributed by atoms with van der Waals surface area (Å²) in [5, 5.41) is 9.04. The van der Waals surface area contributed by atoms with Crippen LogP contribution in [0.5, 0.6) is 0 Å². The largest absolute Gasteiger partial charge is 0.481 e. The van der Waals surface area contributed by atoms with E-state index in [1.807, 2.05) is 6.07 Å². The molecule has 0 spiro atoms. The summed E-state index contributed by atoms with van der Waals surface area (Å²) in [5.41, 5.74) is 3.56. The maximum Gasteiger partial charge on any atom is 0.310 e. The van der Waals surface area contributed by atoms with Gasteiger partial charge in [0.2, 0.25) is 0 Å². The normalized spacial score (nSPS) is 19.3. The van der Waals surface area contributed by atoms with Gasteiger partial charge in [-0.1, -0.05) is 32.0 Å². The first-order valence-electron chi connectivity index (χ1n) is 5.45. The van der Waals surface area contributed by atoms with Gasteiger partial charge in [0.1, 0.15) is 0 Å². The molecule has 0 amide bonds. The molecule has 0 aromatic heterocycles. The van der Waals surface area contributed by atoms with E-state index in [0.29, 0.717) is 5.92 Å². The van der Waals surface area contributed by atoms with Crippen molar-refractivity contribution in [3.05, 3.63) is 34.9 Å². The molecule has 0 radical (unpaired) electrons. The molecule has 2 nitrogen and oxygen atoms in total. The summed E-state index contributed by atoms with van der Waals surface area (Å²) in [7, 11) is 0. The van der Waals surface area contributed by atoms with E-state index in [-0.39, 0.29) is 5.92 Å². The predicted molar refractivity (Wildman–Crippen MR) is 59.2 cm³/mol. The number of hydrogen-bond donors (Lipinski definition) is 1. The van der Waals surface area contributed by atoms with Crippen LogP contribution in [0.2, 0.25) is 0 Å². The molecule has 1 aliphatic rings. The highest BCUT2D eigenvalue weighted by Gasteiger charge is 2.28. The molecule has 0 aliphatic heterocycles. The standard InChI is InChI=1S/C13H16O2/c1-8(2)9-3-5-11-10(7-9)4-6-12(11)13(14)15/h3,5,7-8,12H,4,6H2,1-2H3,(H,14,15)/t12-/m0/s1. The minimum absolute atomic E-state index is 0.277. The lowest BCUT2D eigenvalue weighted by atomic mass is 9.96. The highest BCUT2D eigenvalue weighted by molar-refractivity contribution is 5.77. The molecular weight excluding hydrogens is 188 g/mol. The Hall–Kier alpha value is -1.31. The molecule has 0 fully saturated rings. The summed E-state index contributed by atoms with van der Waals surface area (Å²) in [6.07, 6.45) is 1.67. The lowest BCUT2D eigenvalue weighted by Gasteiger charge is -2.09. The van der Waals surface area contributed by atoms with Crippen LogP contribution in [0.25, 0.3) is 0 Å². The second-order valence-electron chi connectivity index (χ2n) is 4.54. The van der Waals surface area contributed by atoms with Crippen molar-refractivity contribution < 1.29 is 9.90 Å². The van der Waals surface area contributed by atoms with Crippen LogP contribution in [0.15, 0.2) is 18.2 Å². The highest BCUT2D eigenvalue weighted by atomic mass is 16.4. The van der Waals surface area contributed by atoms with Crippen molar-refractivity contribution in [1.29, 1.82) is 0 Å². The Kier molecular flexibility index (Phi) is 2.51. The van der Waals surface area contributed by atoms with Crippen LogP contribution in [-0.4, -0.2) is 11.1 Å². The van der Waals surface area contributed by atoms with Crippen molar-refractivity contribution in [2.75, 3.05) is 0 Å². The molecular formula is C13H16O2. The number of aliphatic carboxylic acids is 1. The highest BCUT2D eigenvalue weighted by Crippen LogP contribution is 2.34. The molecule has 1 N–H and O–H groups in total. The van der Waals surface area contributed by atoms with E-state index < -0.39 is 5.97 Å². The van der Waals surface area contributed by atoms with Gasteiger partial charge < -0.3 is 5.11 Å². The minimum Gasteiger partial charge on any atom is -0.481 e. The lowest BCUT2D eigenvalue weighted by Crippen LogP contribution is -2.07. The molecule has 0 saturated heterocycles. The number of rotatable bonds is 2. The summed E-state index contributed by atoms with van der Waals surface area (Å²) >= 11 is 0. The van der Waals surface area contributed by atoms with E-state index in [4.69, 9.17) is 5.11 Å². The Labute approximate surface area is 89.9 Å². The summed E-state index contributed by atoms with van der Waals surface area (Å²) < 4.78 is 0. The van der Waals surface area contributed by atoms with Gasteiger partial charge in [0.15, 0.2) is 0 Å². The smallest absolute Gasteiger partial charge is 0.310 e. The molecule has 1 aromatic rings. The maximum atomic E-state index is 11.0. The van der Waals surface area contributed by atoms with Gasteiger partial charge >= 0.3 is 5.97 Å². The van der Waals surface area contributed by atoms with Crippen molar-refractivity contribution in [2.24, 2.45) is 0 Å². The molecule has 2 rings (SSSR count). The topological polar surface area (TPSA) is 37.3 Å². The van der Waals surface area contributed by atoms with E-state index in [2.05, 4.69) is 26.0 Å². The third-order valence-electron chi connectivity index (χ3n) is 3.21. The molecule has 1 aliphatic carbocycles. The van der Waals surface area contributed by atoms with Crippen molar-refractivity contribution in [3.63, 3.8) is 0 Å². The van der Waals surface area contributed by atoms with Gasteiger partial charge in [-0.2, -0.15) is 0 Å². The Morgan fingerprint density at radius 2 is 2.20 bits per heavy atom. The van der Waals surface area contributed by atoms with Gasteiger partial charge in [-0.3, -0.25) is 4.79 Å². The van der Waals surface area contributed by atoms with Gasteiger partial charge in [0.25, 0.3) is 0 Å². The van der Waals surface area contributed by atoms with Crippen molar-refractivity contribution in [2.45, 2.75) is 38.5 Å². The van der Waals surface area contributed by atoms with E-state index >= 15 is 0 Å². The number of benzene rings is 1. The Bertz CT molecular complexity index is 394. The van der Waals surface area contributed by atoms with Gasteiger partial charge in [0.05, 0.1) is 5.92 Å². The Morgan fingerprint density at radius 1 is 1.47 bits per heavy atom. The number of aryl methyl sites for hydroxylation is 1. The van der Waals surface area contributed by atoms with Gasteiger partial charge in [-0.15, -0.1) is 0 Å². The Morgan fingerprint density at radius 3 is 2.80 bits per heavy atom. The van der Waals surface area contributed by atoms with Crippen LogP contribution >= 0.6 is 0 Å². The van der Waals surface area contributed by atoms with Crippen LogP contribution < -0.4 is 0 Å². The summed E-state index contributed by atoms with van der Waals surface area (Å²) in [5.74, 6) is -0.452. The average Bonchev–Trinajstić information content (AvgIpc) is 2.59. The van der Waals surface area contributed by atoms with Crippen LogP contribution in [0.4, 0.5) is 0 Å². The maximum absolute atomic E-state index is 11.0. The molecule has 1 aromatic carbocycles. The summed E-state index contributed by atoms with van der Waals surface area (Å²) in [6.45, 7) is 4.32. The Balaban J connectivity index is 2.37. The quantitative estimate of drug-likeness (QED) is 0.804. The monoisotopic (exact) mass is 204 g/mol. The second-order valence-corrected chi connectivity index (χ2v) is 4.54. The SMILES string of the molecule is CC(C)c1ccc2c(c1)CC[C@@H]2C(=O)O. The first-order valence-corrected chi connectivity index (χ1v) is 5.45. The van der Waals surface area contributed by atoms with Crippen LogP contribution in [0.1, 0.15) is 48.8 Å².